The summed E-state index contributed by atoms with van der Waals surface area (Å²) >= 11 is 0. The van der Waals surface area contributed by atoms with Gasteiger partial charge in [-0.15, -0.1) is 0 Å². The summed E-state index contributed by atoms with van der Waals surface area (Å²) in [6, 6.07) is 19.4. The maximum atomic E-state index is 14.2. The van der Waals surface area contributed by atoms with Crippen molar-refractivity contribution in [3.8, 4) is 11.5 Å². The summed E-state index contributed by atoms with van der Waals surface area (Å²) in [5.74, 6) is 1.35. The summed E-state index contributed by atoms with van der Waals surface area (Å²) in [4.78, 5) is 0. The quantitative estimate of drug-likeness (QED) is 0.395. The molecule has 3 aromatic rings. The predicted octanol–water partition coefficient (Wildman–Crippen LogP) is 6.66. The minimum absolute atomic E-state index is 0.212. The zero-order chi connectivity index (χ0) is 23.4. The Bertz CT molecular complexity index is 1190. The molecule has 33 heavy (non-hydrogen) atoms. The van der Waals surface area contributed by atoms with Gasteiger partial charge in [-0.05, 0) is 96.1 Å². The smallest absolute Gasteiger partial charge is 0.126 e. The molecule has 3 nitrogen and oxygen atoms in total. The molecule has 4 rings (SSSR count). The number of ether oxygens (including phenoxy) is 2. The Morgan fingerprint density at radius 2 is 1.58 bits per heavy atom. The van der Waals surface area contributed by atoms with Crippen LogP contribution >= 0.6 is 0 Å². The molecule has 4 heteroatoms. The highest BCUT2D eigenvalue weighted by atomic mass is 19.1. The Kier molecular flexibility index (Phi) is 6.95. The van der Waals surface area contributed by atoms with E-state index in [1.165, 1.54) is 22.8 Å². The van der Waals surface area contributed by atoms with E-state index in [1.54, 1.807) is 20.3 Å². The SMILES string of the molecule is COc1cc(/C=C2/C(C)=C(CCNCc3ccccc3)c3cc(F)ccc32)cc(OC)c1C. The molecule has 170 valence electrons. The highest BCUT2D eigenvalue weighted by molar-refractivity contribution is 6.05. The summed E-state index contributed by atoms with van der Waals surface area (Å²) < 4.78 is 25.3. The highest BCUT2D eigenvalue weighted by Gasteiger charge is 2.24. The summed E-state index contributed by atoms with van der Waals surface area (Å²) in [6.07, 6.45) is 2.97. The van der Waals surface area contributed by atoms with Crippen molar-refractivity contribution < 1.29 is 13.9 Å². The summed E-state index contributed by atoms with van der Waals surface area (Å²) in [5, 5.41) is 3.52. The lowest BCUT2D eigenvalue weighted by Gasteiger charge is -2.12. The van der Waals surface area contributed by atoms with Gasteiger partial charge in [-0.2, -0.15) is 0 Å². The molecule has 0 bridgehead atoms. The van der Waals surface area contributed by atoms with E-state index in [1.807, 2.05) is 43.3 Å². The monoisotopic (exact) mass is 443 g/mol. The third-order valence-corrected chi connectivity index (χ3v) is 6.26. The van der Waals surface area contributed by atoms with Crippen LogP contribution in [0.1, 0.15) is 41.2 Å². The summed E-state index contributed by atoms with van der Waals surface area (Å²) in [5.41, 5.74) is 8.71. The molecule has 0 fully saturated rings. The molecule has 0 saturated carbocycles. The van der Waals surface area contributed by atoms with Gasteiger partial charge >= 0.3 is 0 Å². The normalized spacial score (nSPS) is 14.0. The van der Waals surface area contributed by atoms with Gasteiger partial charge in [0.05, 0.1) is 14.2 Å². The van der Waals surface area contributed by atoms with Crippen LogP contribution in [-0.2, 0) is 6.54 Å². The standard InChI is InChI=1S/C29H30FNO2/c1-19-24(12-13-31-18-21-8-6-5-7-9-21)27-17-23(30)10-11-25(27)26(19)14-22-15-28(32-3)20(2)29(16-22)33-4/h5-11,14-17,31H,12-13,18H2,1-4H3/b26-14-. The zero-order valence-electron chi connectivity index (χ0n) is 19.7. The number of allylic oxidation sites excluding steroid dienone is 2. The van der Waals surface area contributed by atoms with Crippen molar-refractivity contribution >= 4 is 17.2 Å². The minimum atomic E-state index is -0.212. The van der Waals surface area contributed by atoms with Gasteiger partial charge in [-0.25, -0.2) is 4.39 Å². The first-order valence-electron chi connectivity index (χ1n) is 11.2. The van der Waals surface area contributed by atoms with E-state index in [4.69, 9.17) is 9.47 Å². The Hall–Kier alpha value is -3.37. The fourth-order valence-corrected chi connectivity index (χ4v) is 4.47. The van der Waals surface area contributed by atoms with Gasteiger partial charge in [-0.1, -0.05) is 36.4 Å². The van der Waals surface area contributed by atoms with Crippen LogP contribution in [0.25, 0.3) is 17.2 Å². The van der Waals surface area contributed by atoms with Crippen LogP contribution in [0.3, 0.4) is 0 Å². The van der Waals surface area contributed by atoms with Crippen molar-refractivity contribution in [1.29, 1.82) is 0 Å². The first kappa shape index (κ1) is 22.8. The lowest BCUT2D eigenvalue weighted by Crippen LogP contribution is -2.15. The van der Waals surface area contributed by atoms with Crippen molar-refractivity contribution in [2.24, 2.45) is 0 Å². The van der Waals surface area contributed by atoms with Gasteiger partial charge in [0, 0.05) is 12.1 Å². The Labute approximate surface area is 195 Å². The zero-order valence-corrected chi connectivity index (χ0v) is 19.7. The molecule has 0 atom stereocenters. The summed E-state index contributed by atoms with van der Waals surface area (Å²) in [6.45, 7) is 5.73. The van der Waals surface area contributed by atoms with Gasteiger partial charge in [0.25, 0.3) is 0 Å². The number of hydrogen-bond acceptors (Lipinski definition) is 3. The number of methoxy groups -OCH3 is 2. The maximum absolute atomic E-state index is 14.2. The molecule has 1 aliphatic rings. The molecule has 0 amide bonds. The molecular formula is C29H30FNO2. The number of benzene rings is 3. The van der Waals surface area contributed by atoms with Crippen molar-refractivity contribution in [2.45, 2.75) is 26.8 Å². The lowest BCUT2D eigenvalue weighted by atomic mass is 9.99. The van der Waals surface area contributed by atoms with Gasteiger partial charge in [0.1, 0.15) is 17.3 Å². The van der Waals surface area contributed by atoms with E-state index in [2.05, 4.69) is 30.4 Å². The van der Waals surface area contributed by atoms with E-state index >= 15 is 0 Å². The van der Waals surface area contributed by atoms with Crippen LogP contribution in [0, 0.1) is 12.7 Å². The number of hydrogen-bond donors (Lipinski definition) is 1. The first-order valence-corrected chi connectivity index (χ1v) is 11.2. The van der Waals surface area contributed by atoms with Gasteiger partial charge in [-0.3, -0.25) is 0 Å². The number of nitrogens with one attached hydrogen (secondary N) is 1. The van der Waals surface area contributed by atoms with Gasteiger partial charge in [0.15, 0.2) is 0 Å². The molecule has 1 N–H and O–H groups in total. The summed E-state index contributed by atoms with van der Waals surface area (Å²) in [7, 11) is 3.33. The van der Waals surface area contributed by atoms with E-state index in [0.717, 1.165) is 58.8 Å². The lowest BCUT2D eigenvalue weighted by molar-refractivity contribution is 0.388. The molecule has 0 saturated heterocycles. The first-order chi connectivity index (χ1) is 16.0. The largest absolute Gasteiger partial charge is 0.496 e. The molecule has 1 aliphatic carbocycles. The molecule has 0 aromatic heterocycles. The van der Waals surface area contributed by atoms with Crippen molar-refractivity contribution in [2.75, 3.05) is 20.8 Å². The second kappa shape index (κ2) is 10.1. The van der Waals surface area contributed by atoms with Gasteiger partial charge in [0.2, 0.25) is 0 Å². The molecule has 0 spiro atoms. The minimum Gasteiger partial charge on any atom is -0.496 e. The molecule has 0 unspecified atom stereocenters. The second-order valence-corrected chi connectivity index (χ2v) is 8.31. The van der Waals surface area contributed by atoms with E-state index in [9.17, 15) is 4.39 Å². The average molecular weight is 444 g/mol. The molecular weight excluding hydrogens is 413 g/mol. The second-order valence-electron chi connectivity index (χ2n) is 8.31. The maximum Gasteiger partial charge on any atom is 0.126 e. The van der Waals surface area contributed by atoms with Crippen LogP contribution in [0.2, 0.25) is 0 Å². The molecule has 0 heterocycles. The van der Waals surface area contributed by atoms with E-state index in [0.29, 0.717) is 0 Å². The Morgan fingerprint density at radius 3 is 2.24 bits per heavy atom. The van der Waals surface area contributed by atoms with Crippen molar-refractivity contribution in [3.05, 3.63) is 99.9 Å². The van der Waals surface area contributed by atoms with E-state index in [-0.39, 0.29) is 5.82 Å². The van der Waals surface area contributed by atoms with Gasteiger partial charge < -0.3 is 14.8 Å². The van der Waals surface area contributed by atoms with Crippen LogP contribution < -0.4 is 14.8 Å². The van der Waals surface area contributed by atoms with Crippen LogP contribution in [0.5, 0.6) is 11.5 Å². The number of rotatable bonds is 8. The average Bonchev–Trinajstić information content (AvgIpc) is 3.08. The third kappa shape index (κ3) is 4.86. The van der Waals surface area contributed by atoms with Crippen LogP contribution in [0.4, 0.5) is 4.39 Å². The predicted molar refractivity (Wildman–Crippen MR) is 134 cm³/mol. The third-order valence-electron chi connectivity index (χ3n) is 6.26. The van der Waals surface area contributed by atoms with E-state index < -0.39 is 0 Å². The Morgan fingerprint density at radius 1 is 0.879 bits per heavy atom. The molecule has 0 aliphatic heterocycles. The topological polar surface area (TPSA) is 30.5 Å². The van der Waals surface area contributed by atoms with Crippen molar-refractivity contribution in [1.82, 2.24) is 5.32 Å². The highest BCUT2D eigenvalue weighted by Crippen LogP contribution is 2.44. The van der Waals surface area contributed by atoms with Crippen LogP contribution in [-0.4, -0.2) is 20.8 Å². The molecule has 0 radical (unpaired) electrons. The number of fused-ring (bicyclic) bond motifs is 1. The van der Waals surface area contributed by atoms with Crippen LogP contribution in [0.15, 0.2) is 66.2 Å². The Balaban J connectivity index is 1.64. The number of halogens is 1. The molecule has 3 aromatic carbocycles. The van der Waals surface area contributed by atoms with Crippen molar-refractivity contribution in [3.63, 3.8) is 0 Å². The fourth-order valence-electron chi connectivity index (χ4n) is 4.47. The fraction of sp³-hybridized carbons (Fsp3) is 0.241.